The predicted octanol–water partition coefficient (Wildman–Crippen LogP) is 1.36. The Hall–Kier alpha value is -0.810. The fraction of sp³-hybridized carbons (Fsp3) is 0.923. The molecule has 0 aromatic heterocycles. The molecule has 104 valence electrons. The Morgan fingerprint density at radius 1 is 1.39 bits per heavy atom. The van der Waals surface area contributed by atoms with Gasteiger partial charge in [0, 0.05) is 31.7 Å². The molecule has 0 bridgehead atoms. The van der Waals surface area contributed by atoms with E-state index in [0.29, 0.717) is 19.0 Å². The van der Waals surface area contributed by atoms with Gasteiger partial charge in [0.2, 0.25) is 0 Å². The van der Waals surface area contributed by atoms with E-state index in [1.165, 1.54) is 0 Å². The summed E-state index contributed by atoms with van der Waals surface area (Å²) in [6.07, 6.45) is 1.98. The second-order valence-electron chi connectivity index (χ2n) is 6.29. The molecule has 5 nitrogen and oxygen atoms in total. The van der Waals surface area contributed by atoms with Crippen LogP contribution in [0, 0.1) is 5.92 Å². The van der Waals surface area contributed by atoms with Crippen LogP contribution < -0.4 is 5.73 Å². The van der Waals surface area contributed by atoms with E-state index < -0.39 is 5.60 Å². The summed E-state index contributed by atoms with van der Waals surface area (Å²) < 4.78 is 11.1. The number of nitrogens with two attached hydrogens (primary N) is 1. The van der Waals surface area contributed by atoms with Gasteiger partial charge in [0.05, 0.1) is 6.10 Å². The second kappa shape index (κ2) is 5.05. The van der Waals surface area contributed by atoms with Crippen LogP contribution in [0.3, 0.4) is 0 Å². The Balaban J connectivity index is 1.97. The predicted molar refractivity (Wildman–Crippen MR) is 68.2 cm³/mol. The first-order valence-electron chi connectivity index (χ1n) is 6.72. The van der Waals surface area contributed by atoms with E-state index in [1.54, 1.807) is 4.90 Å². The van der Waals surface area contributed by atoms with Crippen molar-refractivity contribution in [2.75, 3.05) is 19.7 Å². The van der Waals surface area contributed by atoms with Crippen LogP contribution in [0.1, 0.15) is 33.6 Å². The van der Waals surface area contributed by atoms with Crippen LogP contribution in [0.25, 0.3) is 0 Å². The van der Waals surface area contributed by atoms with E-state index in [4.69, 9.17) is 15.2 Å². The van der Waals surface area contributed by atoms with Crippen LogP contribution in [-0.4, -0.2) is 48.4 Å². The van der Waals surface area contributed by atoms with Gasteiger partial charge in [0.15, 0.2) is 0 Å². The maximum atomic E-state index is 12.0. The molecule has 0 radical (unpaired) electrons. The summed E-state index contributed by atoms with van der Waals surface area (Å²) in [7, 11) is 0. The molecule has 2 aliphatic heterocycles. The zero-order chi connectivity index (χ0) is 13.3. The Labute approximate surface area is 109 Å². The van der Waals surface area contributed by atoms with Gasteiger partial charge in [-0.2, -0.15) is 0 Å². The first-order valence-corrected chi connectivity index (χ1v) is 6.72. The first kappa shape index (κ1) is 13.6. The molecule has 5 heteroatoms. The van der Waals surface area contributed by atoms with Gasteiger partial charge in [-0.25, -0.2) is 4.79 Å². The van der Waals surface area contributed by atoms with Crippen molar-refractivity contribution in [1.82, 2.24) is 4.90 Å². The molecule has 2 heterocycles. The van der Waals surface area contributed by atoms with Crippen molar-refractivity contribution in [1.29, 1.82) is 0 Å². The Morgan fingerprint density at radius 2 is 2.11 bits per heavy atom. The number of piperidine rings is 1. The lowest BCUT2D eigenvalue weighted by Gasteiger charge is -2.44. The Kier molecular flexibility index (Phi) is 3.82. The van der Waals surface area contributed by atoms with Crippen molar-refractivity contribution in [2.24, 2.45) is 11.7 Å². The molecule has 0 aromatic carbocycles. The summed E-state index contributed by atoms with van der Waals surface area (Å²) in [6, 6.07) is -0.100. The summed E-state index contributed by atoms with van der Waals surface area (Å²) in [5.41, 5.74) is 5.65. The Morgan fingerprint density at radius 3 is 2.78 bits per heavy atom. The highest BCUT2D eigenvalue weighted by atomic mass is 16.6. The topological polar surface area (TPSA) is 64.8 Å². The quantitative estimate of drug-likeness (QED) is 0.710. The molecule has 2 N–H and O–H groups in total. The number of hydrogen-bond acceptors (Lipinski definition) is 4. The van der Waals surface area contributed by atoms with Crippen molar-refractivity contribution in [3.63, 3.8) is 0 Å². The third-order valence-electron chi connectivity index (χ3n) is 3.45. The average molecular weight is 256 g/mol. The number of carbonyl (C=O) groups is 1. The second-order valence-corrected chi connectivity index (χ2v) is 6.29. The summed E-state index contributed by atoms with van der Waals surface area (Å²) in [5.74, 6) is 0.356. The monoisotopic (exact) mass is 256 g/mol. The number of ether oxygens (including phenoxy) is 2. The van der Waals surface area contributed by atoms with Gasteiger partial charge >= 0.3 is 6.09 Å². The molecule has 2 saturated heterocycles. The molecule has 0 aromatic rings. The molecule has 0 saturated carbocycles. The summed E-state index contributed by atoms with van der Waals surface area (Å²) in [5, 5.41) is 0. The minimum Gasteiger partial charge on any atom is -0.444 e. The highest BCUT2D eigenvalue weighted by Gasteiger charge is 2.40. The number of amides is 1. The maximum Gasteiger partial charge on any atom is 0.410 e. The molecule has 3 atom stereocenters. The van der Waals surface area contributed by atoms with Gasteiger partial charge in [-0.15, -0.1) is 0 Å². The van der Waals surface area contributed by atoms with Gasteiger partial charge in [-0.05, 0) is 33.6 Å². The number of likely N-dealkylation sites (tertiary alicyclic amines) is 1. The van der Waals surface area contributed by atoms with Crippen LogP contribution in [-0.2, 0) is 9.47 Å². The fourth-order valence-corrected chi connectivity index (χ4v) is 2.73. The number of hydrogen-bond donors (Lipinski definition) is 1. The van der Waals surface area contributed by atoms with Gasteiger partial charge in [0.1, 0.15) is 5.60 Å². The van der Waals surface area contributed by atoms with E-state index in [1.807, 2.05) is 20.8 Å². The lowest BCUT2D eigenvalue weighted by atomic mass is 9.86. The lowest BCUT2D eigenvalue weighted by Crippen LogP contribution is -2.60. The van der Waals surface area contributed by atoms with Gasteiger partial charge in [-0.3, -0.25) is 0 Å². The highest BCUT2D eigenvalue weighted by Crippen LogP contribution is 2.28. The maximum absolute atomic E-state index is 12.0. The largest absolute Gasteiger partial charge is 0.444 e. The van der Waals surface area contributed by atoms with Gasteiger partial charge in [0.25, 0.3) is 0 Å². The summed E-state index contributed by atoms with van der Waals surface area (Å²) in [6.45, 7) is 7.65. The van der Waals surface area contributed by atoms with Crippen LogP contribution in [0.2, 0.25) is 0 Å². The van der Waals surface area contributed by atoms with E-state index in [0.717, 1.165) is 19.4 Å². The van der Waals surface area contributed by atoms with E-state index in [2.05, 4.69) is 0 Å². The Bertz CT molecular complexity index is 314. The molecule has 1 amide bonds. The van der Waals surface area contributed by atoms with Crippen molar-refractivity contribution in [2.45, 2.75) is 51.4 Å². The average Bonchev–Trinajstić information content (AvgIpc) is 2.26. The van der Waals surface area contributed by atoms with E-state index >= 15 is 0 Å². The van der Waals surface area contributed by atoms with E-state index in [-0.39, 0.29) is 18.2 Å². The van der Waals surface area contributed by atoms with Crippen LogP contribution in [0.4, 0.5) is 4.79 Å². The van der Waals surface area contributed by atoms with Crippen LogP contribution in [0.15, 0.2) is 0 Å². The zero-order valence-electron chi connectivity index (χ0n) is 11.5. The number of nitrogens with zero attached hydrogens (tertiary/aromatic N) is 1. The smallest absolute Gasteiger partial charge is 0.410 e. The number of fused-ring (bicyclic) bond motifs is 1. The molecule has 2 rings (SSSR count). The van der Waals surface area contributed by atoms with Crippen molar-refractivity contribution in [3.8, 4) is 0 Å². The molecular formula is C13H24N2O3. The van der Waals surface area contributed by atoms with Crippen molar-refractivity contribution in [3.05, 3.63) is 0 Å². The number of rotatable bonds is 0. The molecule has 2 fully saturated rings. The molecule has 18 heavy (non-hydrogen) atoms. The summed E-state index contributed by atoms with van der Waals surface area (Å²) in [4.78, 5) is 13.8. The molecular weight excluding hydrogens is 232 g/mol. The third-order valence-corrected chi connectivity index (χ3v) is 3.45. The van der Waals surface area contributed by atoms with Crippen molar-refractivity contribution >= 4 is 6.09 Å². The fourth-order valence-electron chi connectivity index (χ4n) is 2.73. The minimum absolute atomic E-state index is 0.100. The standard InChI is InChI=1S/C13H24N2O3/c1-13(2,3)18-12(16)15-7-9-5-4-6-17-11(9)10(14)8-15/h9-11H,4-8,14H2,1-3H3. The first-order chi connectivity index (χ1) is 8.37. The summed E-state index contributed by atoms with van der Waals surface area (Å²) >= 11 is 0. The zero-order valence-corrected chi connectivity index (χ0v) is 11.5. The highest BCUT2D eigenvalue weighted by molar-refractivity contribution is 5.68. The molecule has 0 spiro atoms. The lowest BCUT2D eigenvalue weighted by molar-refractivity contribution is -0.0790. The molecule has 3 unspecified atom stereocenters. The van der Waals surface area contributed by atoms with Gasteiger partial charge < -0.3 is 20.1 Å². The van der Waals surface area contributed by atoms with Gasteiger partial charge in [-0.1, -0.05) is 0 Å². The normalized spacial score (nSPS) is 32.9. The third kappa shape index (κ3) is 3.14. The van der Waals surface area contributed by atoms with E-state index in [9.17, 15) is 4.79 Å². The minimum atomic E-state index is -0.457. The van der Waals surface area contributed by atoms with Crippen molar-refractivity contribution < 1.29 is 14.3 Å². The molecule has 2 aliphatic rings. The molecule has 0 aliphatic carbocycles. The van der Waals surface area contributed by atoms with Crippen LogP contribution >= 0.6 is 0 Å². The van der Waals surface area contributed by atoms with Crippen LogP contribution in [0.5, 0.6) is 0 Å². The number of carbonyl (C=O) groups excluding carboxylic acids is 1. The SMILES string of the molecule is CC(C)(C)OC(=O)N1CC(N)C2OCCCC2C1.